The number of para-hydroxylation sites is 1. The summed E-state index contributed by atoms with van der Waals surface area (Å²) >= 11 is 6.01. The minimum absolute atomic E-state index is 0.316. The Hall–Kier alpha value is -2.15. The second-order valence-electron chi connectivity index (χ2n) is 4.25. The van der Waals surface area contributed by atoms with Gasteiger partial charge in [0.2, 0.25) is 0 Å². The molecule has 0 aromatic heterocycles. The van der Waals surface area contributed by atoms with Gasteiger partial charge in [0.25, 0.3) is 0 Å². The van der Waals surface area contributed by atoms with Crippen LogP contribution in [0.3, 0.4) is 0 Å². The number of halogens is 1. The lowest BCUT2D eigenvalue weighted by Gasteiger charge is -2.11. The van der Waals surface area contributed by atoms with Crippen LogP contribution in [0.25, 0.3) is 0 Å². The van der Waals surface area contributed by atoms with Crippen molar-refractivity contribution in [1.29, 1.82) is 0 Å². The highest BCUT2D eigenvalue weighted by Gasteiger charge is 2.06. The second kappa shape index (κ2) is 7.58. The maximum atomic E-state index is 6.01. The molecule has 0 bridgehead atoms. The molecule has 21 heavy (non-hydrogen) atoms. The van der Waals surface area contributed by atoms with E-state index in [9.17, 15) is 0 Å². The predicted octanol–water partition coefficient (Wildman–Crippen LogP) is 3.24. The quantitative estimate of drug-likeness (QED) is 0.882. The summed E-state index contributed by atoms with van der Waals surface area (Å²) in [6.45, 7) is 0.668. The van der Waals surface area contributed by atoms with Crippen molar-refractivity contribution in [1.82, 2.24) is 0 Å². The van der Waals surface area contributed by atoms with Gasteiger partial charge in [0.15, 0.2) is 0 Å². The van der Waals surface area contributed by atoms with Gasteiger partial charge in [0, 0.05) is 10.6 Å². The van der Waals surface area contributed by atoms with Crippen molar-refractivity contribution in [2.24, 2.45) is 5.73 Å². The lowest BCUT2D eigenvalue weighted by atomic mass is 10.2. The van der Waals surface area contributed by atoms with E-state index in [1.807, 2.05) is 36.4 Å². The predicted molar refractivity (Wildman–Crippen MR) is 84.7 cm³/mol. The van der Waals surface area contributed by atoms with Crippen LogP contribution in [0.15, 0.2) is 42.5 Å². The number of ether oxygens (including phenoxy) is 2. The van der Waals surface area contributed by atoms with Gasteiger partial charge >= 0.3 is 0 Å². The van der Waals surface area contributed by atoms with E-state index in [1.165, 1.54) is 0 Å². The van der Waals surface area contributed by atoms with Crippen LogP contribution in [0.4, 0.5) is 0 Å². The van der Waals surface area contributed by atoms with Crippen LogP contribution < -0.4 is 15.2 Å². The summed E-state index contributed by atoms with van der Waals surface area (Å²) in [6.07, 6.45) is 0. The number of nitrogens with two attached hydrogens (primary N) is 1. The SMILES string of the molecule is COc1ccc(Cl)cc1COc1ccccc1C#CCN. The molecule has 0 saturated carbocycles. The third kappa shape index (κ3) is 4.16. The zero-order valence-electron chi connectivity index (χ0n) is 11.7. The zero-order valence-corrected chi connectivity index (χ0v) is 12.5. The Labute approximate surface area is 129 Å². The molecule has 0 saturated heterocycles. The van der Waals surface area contributed by atoms with E-state index in [0.29, 0.717) is 23.9 Å². The molecule has 0 aliphatic rings. The summed E-state index contributed by atoms with van der Waals surface area (Å²) < 4.78 is 11.1. The van der Waals surface area contributed by atoms with E-state index in [-0.39, 0.29) is 0 Å². The first-order valence-corrected chi connectivity index (χ1v) is 6.85. The maximum absolute atomic E-state index is 6.01. The van der Waals surface area contributed by atoms with Crippen LogP contribution in [-0.2, 0) is 6.61 Å². The molecule has 2 aromatic rings. The molecular weight excluding hydrogens is 286 g/mol. The van der Waals surface area contributed by atoms with E-state index in [2.05, 4.69) is 11.8 Å². The molecule has 3 nitrogen and oxygen atoms in total. The van der Waals surface area contributed by atoms with Gasteiger partial charge in [-0.25, -0.2) is 0 Å². The van der Waals surface area contributed by atoms with Crippen molar-refractivity contribution in [2.45, 2.75) is 6.61 Å². The van der Waals surface area contributed by atoms with Crippen molar-refractivity contribution in [3.63, 3.8) is 0 Å². The lowest BCUT2D eigenvalue weighted by molar-refractivity contribution is 0.296. The van der Waals surface area contributed by atoms with Gasteiger partial charge < -0.3 is 15.2 Å². The summed E-state index contributed by atoms with van der Waals surface area (Å²) in [6, 6.07) is 13.0. The van der Waals surface area contributed by atoms with Gasteiger partial charge in [-0.05, 0) is 30.3 Å². The molecule has 0 radical (unpaired) electrons. The number of benzene rings is 2. The Bertz CT molecular complexity index is 674. The third-order valence-electron chi connectivity index (χ3n) is 2.84. The van der Waals surface area contributed by atoms with E-state index >= 15 is 0 Å². The van der Waals surface area contributed by atoms with Gasteiger partial charge in [0.1, 0.15) is 18.1 Å². The van der Waals surface area contributed by atoms with Crippen LogP contribution in [0, 0.1) is 11.8 Å². The monoisotopic (exact) mass is 301 g/mol. The van der Waals surface area contributed by atoms with Crippen molar-refractivity contribution < 1.29 is 9.47 Å². The topological polar surface area (TPSA) is 44.5 Å². The molecule has 2 rings (SSSR count). The summed E-state index contributed by atoms with van der Waals surface area (Å²) in [4.78, 5) is 0. The zero-order chi connectivity index (χ0) is 15.1. The molecule has 0 spiro atoms. The first-order chi connectivity index (χ1) is 10.2. The number of hydrogen-bond acceptors (Lipinski definition) is 3. The van der Waals surface area contributed by atoms with E-state index in [4.69, 9.17) is 26.8 Å². The normalized spacial score (nSPS) is 9.67. The molecule has 0 fully saturated rings. The molecule has 4 heteroatoms. The first kappa shape index (κ1) is 15.2. The molecule has 0 atom stereocenters. The molecule has 0 amide bonds. The lowest BCUT2D eigenvalue weighted by Crippen LogP contribution is -2.00. The molecular formula is C17H16ClNO2. The number of rotatable bonds is 4. The largest absolute Gasteiger partial charge is 0.496 e. The Morgan fingerprint density at radius 2 is 1.95 bits per heavy atom. The van der Waals surface area contributed by atoms with E-state index < -0.39 is 0 Å². The molecule has 0 aliphatic heterocycles. The minimum Gasteiger partial charge on any atom is -0.496 e. The summed E-state index contributed by atoms with van der Waals surface area (Å²) in [5.41, 5.74) is 7.09. The standard InChI is InChI=1S/C17H16ClNO2/c1-20-16-9-8-15(18)11-14(16)12-21-17-7-3-2-5-13(17)6-4-10-19/h2-3,5,7-9,11H,10,12,19H2,1H3. The van der Waals surface area contributed by atoms with Crippen molar-refractivity contribution >= 4 is 11.6 Å². The molecule has 2 N–H and O–H groups in total. The van der Waals surface area contributed by atoms with E-state index in [1.54, 1.807) is 13.2 Å². The number of hydrogen-bond donors (Lipinski definition) is 1. The Balaban J connectivity index is 2.19. The smallest absolute Gasteiger partial charge is 0.135 e. The van der Waals surface area contributed by atoms with Gasteiger partial charge in [0.05, 0.1) is 19.2 Å². The third-order valence-corrected chi connectivity index (χ3v) is 3.07. The molecule has 0 aliphatic carbocycles. The molecule has 108 valence electrons. The first-order valence-electron chi connectivity index (χ1n) is 6.47. The Kier molecular flexibility index (Phi) is 5.51. The van der Waals surface area contributed by atoms with Gasteiger partial charge in [-0.3, -0.25) is 0 Å². The van der Waals surface area contributed by atoms with Crippen LogP contribution in [0.5, 0.6) is 11.5 Å². The molecule has 0 unspecified atom stereocenters. The van der Waals surface area contributed by atoms with Crippen LogP contribution in [0.1, 0.15) is 11.1 Å². The number of methoxy groups -OCH3 is 1. The second-order valence-corrected chi connectivity index (χ2v) is 4.68. The van der Waals surface area contributed by atoms with Crippen LogP contribution >= 0.6 is 11.6 Å². The fraction of sp³-hybridized carbons (Fsp3) is 0.176. The molecule has 0 heterocycles. The fourth-order valence-electron chi connectivity index (χ4n) is 1.86. The van der Waals surface area contributed by atoms with Crippen molar-refractivity contribution in [3.05, 3.63) is 58.6 Å². The van der Waals surface area contributed by atoms with Gasteiger partial charge in [-0.2, -0.15) is 0 Å². The average Bonchev–Trinajstić information content (AvgIpc) is 2.52. The Morgan fingerprint density at radius 3 is 2.71 bits per heavy atom. The summed E-state index contributed by atoms with van der Waals surface area (Å²) in [5.74, 6) is 7.27. The highest BCUT2D eigenvalue weighted by atomic mass is 35.5. The fourth-order valence-corrected chi connectivity index (χ4v) is 2.05. The van der Waals surface area contributed by atoms with Gasteiger partial charge in [-0.15, -0.1) is 0 Å². The summed E-state index contributed by atoms with van der Waals surface area (Å²) in [5, 5.41) is 0.644. The minimum atomic E-state index is 0.316. The van der Waals surface area contributed by atoms with E-state index in [0.717, 1.165) is 16.9 Å². The van der Waals surface area contributed by atoms with Crippen LogP contribution in [-0.4, -0.2) is 13.7 Å². The van der Waals surface area contributed by atoms with Crippen molar-refractivity contribution in [2.75, 3.05) is 13.7 Å². The van der Waals surface area contributed by atoms with Crippen LogP contribution in [0.2, 0.25) is 5.02 Å². The molecule has 2 aromatic carbocycles. The Morgan fingerprint density at radius 1 is 1.14 bits per heavy atom. The summed E-state index contributed by atoms with van der Waals surface area (Å²) in [7, 11) is 1.62. The maximum Gasteiger partial charge on any atom is 0.135 e. The van der Waals surface area contributed by atoms with Gasteiger partial charge in [-0.1, -0.05) is 35.6 Å². The van der Waals surface area contributed by atoms with Crippen molar-refractivity contribution in [3.8, 4) is 23.3 Å². The highest BCUT2D eigenvalue weighted by molar-refractivity contribution is 6.30. The average molecular weight is 302 g/mol. The highest BCUT2D eigenvalue weighted by Crippen LogP contribution is 2.25.